The van der Waals surface area contributed by atoms with Crippen LogP contribution in [0.4, 0.5) is 13.2 Å². The van der Waals surface area contributed by atoms with Crippen molar-refractivity contribution in [3.05, 3.63) is 69.9 Å². The first-order valence-electron chi connectivity index (χ1n) is 9.57. The predicted molar refractivity (Wildman–Crippen MR) is 110 cm³/mol. The van der Waals surface area contributed by atoms with Crippen LogP contribution in [0.3, 0.4) is 0 Å². The first kappa shape index (κ1) is 22.3. The van der Waals surface area contributed by atoms with Gasteiger partial charge < -0.3 is 5.11 Å². The number of nitrogens with zero attached hydrogens (tertiary/aromatic N) is 2. The number of halogens is 4. The molecule has 4 rings (SSSR count). The van der Waals surface area contributed by atoms with Crippen LogP contribution in [0.25, 0.3) is 11.3 Å². The van der Waals surface area contributed by atoms with Crippen LogP contribution in [-0.2, 0) is 29.0 Å². The van der Waals surface area contributed by atoms with Crippen molar-refractivity contribution in [2.75, 3.05) is 0 Å². The molecule has 168 valence electrons. The van der Waals surface area contributed by atoms with Crippen LogP contribution < -0.4 is 0 Å². The van der Waals surface area contributed by atoms with Gasteiger partial charge in [-0.3, -0.25) is 0 Å². The van der Waals surface area contributed by atoms with Crippen molar-refractivity contribution < 1.29 is 31.5 Å². The van der Waals surface area contributed by atoms with Crippen molar-refractivity contribution in [3.63, 3.8) is 0 Å². The van der Waals surface area contributed by atoms with Crippen LogP contribution in [0, 0.1) is 0 Å². The van der Waals surface area contributed by atoms with Gasteiger partial charge in [0.1, 0.15) is 4.90 Å². The second-order valence-electron chi connectivity index (χ2n) is 7.33. The third kappa shape index (κ3) is 3.77. The molecule has 2 aromatic carbocycles. The zero-order chi connectivity index (χ0) is 23.3. The van der Waals surface area contributed by atoms with E-state index in [4.69, 9.17) is 16.7 Å². The Bertz CT molecular complexity index is 1320. The number of alkyl halides is 3. The van der Waals surface area contributed by atoms with Crippen LogP contribution in [0.1, 0.15) is 40.0 Å². The predicted octanol–water partition coefficient (Wildman–Crippen LogP) is 5.04. The fourth-order valence-electron chi connectivity index (χ4n) is 3.85. The van der Waals surface area contributed by atoms with Gasteiger partial charge in [0, 0.05) is 11.1 Å². The first-order chi connectivity index (χ1) is 15.0. The molecular formula is C21H16ClF3N2O4S. The van der Waals surface area contributed by atoms with E-state index >= 15 is 0 Å². The average Bonchev–Trinajstić information content (AvgIpc) is 3.13. The number of aromatic nitrogens is 2. The third-order valence-electron chi connectivity index (χ3n) is 5.31. The molecule has 0 saturated carbocycles. The molecule has 1 aliphatic rings. The maximum Gasteiger partial charge on any atom is 0.417 e. The van der Waals surface area contributed by atoms with Crippen LogP contribution in [-0.4, -0.2) is 28.7 Å². The highest BCUT2D eigenvalue weighted by Gasteiger charge is 2.40. The van der Waals surface area contributed by atoms with Crippen molar-refractivity contribution in [3.8, 4) is 11.3 Å². The molecule has 32 heavy (non-hydrogen) atoms. The second-order valence-corrected chi connectivity index (χ2v) is 9.44. The summed E-state index contributed by atoms with van der Waals surface area (Å²) < 4.78 is 68.3. The fourth-order valence-corrected chi connectivity index (χ4v) is 5.95. The van der Waals surface area contributed by atoms with E-state index in [0.717, 1.165) is 18.6 Å². The molecule has 1 aliphatic carbocycles. The number of carbonyl (C=O) groups is 1. The number of hydrogen-bond donors (Lipinski definition) is 1. The summed E-state index contributed by atoms with van der Waals surface area (Å²) in [5, 5.41) is 12.7. The normalized spacial score (nSPS) is 14.2. The Kier molecular flexibility index (Phi) is 5.54. The van der Waals surface area contributed by atoms with E-state index in [1.54, 1.807) is 0 Å². The van der Waals surface area contributed by atoms with Crippen molar-refractivity contribution in [2.24, 2.45) is 0 Å². The highest BCUT2D eigenvalue weighted by Crippen LogP contribution is 2.40. The lowest BCUT2D eigenvalue weighted by Crippen LogP contribution is -2.23. The topological polar surface area (TPSA) is 89.3 Å². The molecule has 0 amide bonds. The minimum absolute atomic E-state index is 0.0422. The molecule has 0 fully saturated rings. The highest BCUT2D eigenvalue weighted by atomic mass is 35.5. The number of fused-ring (bicyclic) bond motifs is 1. The summed E-state index contributed by atoms with van der Waals surface area (Å²) in [4.78, 5) is 10.1. The van der Waals surface area contributed by atoms with Gasteiger partial charge in [-0.05, 0) is 49.9 Å². The van der Waals surface area contributed by atoms with E-state index in [2.05, 4.69) is 5.10 Å². The molecule has 11 heteroatoms. The smallest absolute Gasteiger partial charge is 0.417 e. The number of benzene rings is 2. The molecule has 6 nitrogen and oxygen atoms in total. The third-order valence-corrected chi connectivity index (χ3v) is 7.45. The van der Waals surface area contributed by atoms with Crippen LogP contribution in [0.15, 0.2) is 47.4 Å². The Morgan fingerprint density at radius 3 is 2.34 bits per heavy atom. The molecule has 0 saturated heterocycles. The monoisotopic (exact) mass is 484 g/mol. The molecular weight excluding hydrogens is 469 g/mol. The van der Waals surface area contributed by atoms with Gasteiger partial charge >= 0.3 is 12.1 Å². The van der Waals surface area contributed by atoms with Crippen molar-refractivity contribution in [1.29, 1.82) is 0 Å². The van der Waals surface area contributed by atoms with Gasteiger partial charge in [0.2, 0.25) is 0 Å². The molecule has 1 N–H and O–H groups in total. The van der Waals surface area contributed by atoms with Gasteiger partial charge in [0.05, 0.1) is 27.5 Å². The first-order valence-corrected chi connectivity index (χ1v) is 11.4. The number of carboxylic acids is 1. The summed E-state index contributed by atoms with van der Waals surface area (Å²) >= 11 is 5.95. The maximum absolute atomic E-state index is 13.6. The molecule has 0 atom stereocenters. The number of rotatable bonds is 4. The number of carboxylic acid groups (broad SMARTS) is 1. The number of aromatic carboxylic acids is 1. The standard InChI is InChI=1S/C21H16ClF3N2O4S/c22-16-6-3-5-15(21(23,24)25)19(16)32(30,31)27-17-7-2-1-4-14(17)18(26-27)12-8-10-13(11-9-12)20(28)29/h3,5-6,8-11H,1-2,4,7H2,(H,28,29). The van der Waals surface area contributed by atoms with Crippen LogP contribution in [0.5, 0.6) is 0 Å². The molecule has 0 aliphatic heterocycles. The molecule has 0 spiro atoms. The van der Waals surface area contributed by atoms with Gasteiger partial charge in [-0.2, -0.15) is 30.8 Å². The molecule has 1 heterocycles. The van der Waals surface area contributed by atoms with Gasteiger partial charge in [-0.15, -0.1) is 0 Å². The molecule has 1 aromatic heterocycles. The van der Waals surface area contributed by atoms with Gasteiger partial charge in [0.15, 0.2) is 0 Å². The Labute approximate surface area is 186 Å². The Morgan fingerprint density at radius 1 is 1.06 bits per heavy atom. The lowest BCUT2D eigenvalue weighted by molar-refractivity contribution is -0.139. The average molecular weight is 485 g/mol. The molecule has 0 bridgehead atoms. The van der Waals surface area contributed by atoms with Crippen molar-refractivity contribution in [2.45, 2.75) is 36.8 Å². The Balaban J connectivity index is 1.93. The van der Waals surface area contributed by atoms with E-state index in [1.807, 2.05) is 0 Å². The summed E-state index contributed by atoms with van der Waals surface area (Å²) in [6.45, 7) is 0. The van der Waals surface area contributed by atoms with E-state index in [0.29, 0.717) is 51.9 Å². The summed E-state index contributed by atoms with van der Waals surface area (Å²) in [6.07, 6.45) is -2.70. The van der Waals surface area contributed by atoms with Gasteiger partial charge in [0.25, 0.3) is 10.0 Å². The lowest BCUT2D eigenvalue weighted by Gasteiger charge is -2.17. The van der Waals surface area contributed by atoms with Gasteiger partial charge in [-0.1, -0.05) is 29.8 Å². The zero-order valence-corrected chi connectivity index (χ0v) is 17.9. The minimum Gasteiger partial charge on any atom is -0.478 e. The molecule has 0 unspecified atom stereocenters. The van der Waals surface area contributed by atoms with E-state index in [9.17, 15) is 26.4 Å². The Morgan fingerprint density at radius 2 is 1.72 bits per heavy atom. The summed E-state index contributed by atoms with van der Waals surface area (Å²) in [5.74, 6) is -1.12. The summed E-state index contributed by atoms with van der Waals surface area (Å²) in [5.41, 5.74) is 0.362. The van der Waals surface area contributed by atoms with Crippen molar-refractivity contribution >= 4 is 27.6 Å². The maximum atomic E-state index is 13.6. The highest BCUT2D eigenvalue weighted by molar-refractivity contribution is 7.90. The van der Waals surface area contributed by atoms with Gasteiger partial charge in [-0.25, -0.2) is 4.79 Å². The van der Waals surface area contributed by atoms with Crippen LogP contribution in [0.2, 0.25) is 5.02 Å². The lowest BCUT2D eigenvalue weighted by atomic mass is 9.93. The fraction of sp³-hybridized carbons (Fsp3) is 0.238. The van der Waals surface area contributed by atoms with E-state index in [1.165, 1.54) is 24.3 Å². The Hall–Kier alpha value is -2.85. The van der Waals surface area contributed by atoms with Crippen molar-refractivity contribution in [1.82, 2.24) is 9.19 Å². The number of hydrogen-bond acceptors (Lipinski definition) is 4. The summed E-state index contributed by atoms with van der Waals surface area (Å²) in [6, 6.07) is 8.50. The van der Waals surface area contributed by atoms with E-state index < -0.39 is 37.7 Å². The summed E-state index contributed by atoms with van der Waals surface area (Å²) in [7, 11) is -4.77. The van der Waals surface area contributed by atoms with E-state index in [-0.39, 0.29) is 5.56 Å². The SMILES string of the molecule is O=C(O)c1ccc(-c2nn(S(=O)(=O)c3c(Cl)cccc3C(F)(F)F)c3c2CCCC3)cc1. The second kappa shape index (κ2) is 7.93. The largest absolute Gasteiger partial charge is 0.478 e. The molecule has 3 aromatic rings. The van der Waals surface area contributed by atoms with Crippen LogP contribution >= 0.6 is 11.6 Å². The zero-order valence-electron chi connectivity index (χ0n) is 16.4. The molecule has 0 radical (unpaired) electrons. The minimum atomic E-state index is -4.93. The quantitative estimate of drug-likeness (QED) is 0.560.